The van der Waals surface area contributed by atoms with Gasteiger partial charge >= 0.3 is 0 Å². The first-order valence-corrected chi connectivity index (χ1v) is 17.1. The number of thioether (sulfide) groups is 2. The fraction of sp³-hybridized carbons (Fsp3) is 0.296. The van der Waals surface area contributed by atoms with Crippen LogP contribution in [0.2, 0.25) is 0 Å². The van der Waals surface area contributed by atoms with Crippen molar-refractivity contribution in [3.63, 3.8) is 0 Å². The molecule has 2 aromatic carbocycles. The zero-order valence-electron chi connectivity index (χ0n) is 22.8. The maximum atomic E-state index is 13.1. The standard InChI is InChI=1S/C27H21Cl6N5O3S3/c1-3-37-21(39)19(44-25(37)42)22-38(17-9-4-14(2)12-18(17)43-22)10-11-40-13-41-16-7-5-15(6-8-16)20-34-23(26(28,29)30)36-24(35-20)27(31,32)33/h4-9,12H,3,10-11,13H2,1-2H3. The van der Waals surface area contributed by atoms with E-state index in [-0.39, 0.29) is 30.2 Å². The number of fused-ring (bicyclic) bond motifs is 1. The van der Waals surface area contributed by atoms with E-state index in [0.717, 1.165) is 21.2 Å². The Hall–Kier alpha value is -1.25. The molecular formula is C27H21Cl6N5O3S3. The number of hydrogen-bond acceptors (Lipinski definition) is 10. The van der Waals surface area contributed by atoms with Crippen molar-refractivity contribution in [2.45, 2.75) is 26.3 Å². The Kier molecular flexibility index (Phi) is 10.7. The second-order valence-electron chi connectivity index (χ2n) is 9.27. The summed E-state index contributed by atoms with van der Waals surface area (Å²) in [5.74, 6) is 0.244. The zero-order chi connectivity index (χ0) is 31.8. The summed E-state index contributed by atoms with van der Waals surface area (Å²) in [5.41, 5.74) is 2.71. The van der Waals surface area contributed by atoms with Crippen molar-refractivity contribution in [2.24, 2.45) is 0 Å². The SMILES string of the molecule is CCN1C(=O)C(=C2Sc3cc(C)ccc3N2CCOCOc2ccc(-c3nc(C(Cl)(Cl)Cl)nc(C(Cl)(Cl)Cl)n3)cc2)SC1=S. The summed E-state index contributed by atoms with van der Waals surface area (Å²) in [6.45, 7) is 5.33. The van der Waals surface area contributed by atoms with Gasteiger partial charge in [0.1, 0.15) is 20.0 Å². The molecular weight excluding hydrogens is 751 g/mol. The first kappa shape index (κ1) is 34.1. The molecule has 0 unspecified atom stereocenters. The predicted octanol–water partition coefficient (Wildman–Crippen LogP) is 8.51. The Bertz CT molecular complexity index is 1600. The zero-order valence-corrected chi connectivity index (χ0v) is 29.8. The number of ether oxygens (including phenoxy) is 2. The molecule has 5 rings (SSSR count). The minimum atomic E-state index is -1.96. The lowest BCUT2D eigenvalue weighted by atomic mass is 10.2. The van der Waals surface area contributed by atoms with Gasteiger partial charge in [-0.1, -0.05) is 111 Å². The van der Waals surface area contributed by atoms with Crippen LogP contribution in [0.4, 0.5) is 5.69 Å². The summed E-state index contributed by atoms with van der Waals surface area (Å²) in [6.07, 6.45) is 0. The van der Waals surface area contributed by atoms with Crippen LogP contribution in [0.5, 0.6) is 5.75 Å². The Morgan fingerprint density at radius 2 is 1.57 bits per heavy atom. The van der Waals surface area contributed by atoms with E-state index in [0.29, 0.717) is 40.2 Å². The summed E-state index contributed by atoms with van der Waals surface area (Å²) in [5, 5.41) is 0.855. The molecule has 0 atom stereocenters. The summed E-state index contributed by atoms with van der Waals surface area (Å²) < 4.78 is 8.24. The molecule has 0 bridgehead atoms. The molecule has 0 aliphatic carbocycles. The smallest absolute Gasteiger partial charge is 0.268 e. The highest BCUT2D eigenvalue weighted by Crippen LogP contribution is 2.51. The summed E-state index contributed by atoms with van der Waals surface area (Å²) in [4.78, 5) is 30.9. The second-order valence-corrected chi connectivity index (χ2v) is 16.5. The van der Waals surface area contributed by atoms with E-state index in [2.05, 4.69) is 32.0 Å². The third kappa shape index (κ3) is 7.65. The van der Waals surface area contributed by atoms with E-state index in [1.54, 1.807) is 40.9 Å². The first-order valence-electron chi connectivity index (χ1n) is 12.8. The van der Waals surface area contributed by atoms with Gasteiger partial charge in [-0.3, -0.25) is 9.69 Å². The summed E-state index contributed by atoms with van der Waals surface area (Å²) in [6, 6.07) is 13.0. The number of halogens is 6. The van der Waals surface area contributed by atoms with Gasteiger partial charge in [0.25, 0.3) is 5.91 Å². The average Bonchev–Trinajstić information content (AvgIpc) is 3.46. The molecule has 8 nitrogen and oxygen atoms in total. The van der Waals surface area contributed by atoms with E-state index < -0.39 is 7.59 Å². The van der Waals surface area contributed by atoms with Gasteiger partial charge in [0.2, 0.25) is 7.59 Å². The molecule has 0 saturated carbocycles. The molecule has 1 saturated heterocycles. The van der Waals surface area contributed by atoms with Crippen LogP contribution in [0.15, 0.2) is 57.3 Å². The van der Waals surface area contributed by atoms with Crippen LogP contribution in [0.1, 0.15) is 24.1 Å². The molecule has 3 heterocycles. The molecule has 0 radical (unpaired) electrons. The van der Waals surface area contributed by atoms with Crippen molar-refractivity contribution in [3.8, 4) is 17.1 Å². The lowest BCUT2D eigenvalue weighted by Gasteiger charge is -2.21. The van der Waals surface area contributed by atoms with Crippen molar-refractivity contribution in [1.82, 2.24) is 19.9 Å². The van der Waals surface area contributed by atoms with Crippen LogP contribution in [0.25, 0.3) is 11.4 Å². The van der Waals surface area contributed by atoms with Crippen LogP contribution < -0.4 is 9.64 Å². The molecule has 3 aromatic rings. The Balaban J connectivity index is 1.23. The second kappa shape index (κ2) is 13.9. The number of alkyl halides is 6. The maximum Gasteiger partial charge on any atom is 0.268 e. The highest BCUT2D eigenvalue weighted by atomic mass is 35.6. The van der Waals surface area contributed by atoms with Gasteiger partial charge < -0.3 is 14.4 Å². The first-order chi connectivity index (χ1) is 20.8. The number of rotatable bonds is 8. The number of amides is 1. The van der Waals surface area contributed by atoms with E-state index in [4.69, 9.17) is 91.3 Å². The number of likely N-dealkylation sites (N-methyl/N-ethyl adjacent to an activating group) is 1. The van der Waals surface area contributed by atoms with Crippen molar-refractivity contribution >= 4 is 121 Å². The van der Waals surface area contributed by atoms with Crippen LogP contribution in [-0.4, -0.2) is 56.6 Å². The number of carbonyl (C=O) groups excluding carboxylic acids is 1. The van der Waals surface area contributed by atoms with Crippen molar-refractivity contribution in [1.29, 1.82) is 0 Å². The van der Waals surface area contributed by atoms with E-state index in [1.807, 2.05) is 19.9 Å². The number of anilines is 1. The fourth-order valence-corrected chi connectivity index (χ4v) is 7.50. The highest BCUT2D eigenvalue weighted by molar-refractivity contribution is 8.27. The van der Waals surface area contributed by atoms with E-state index >= 15 is 0 Å². The van der Waals surface area contributed by atoms with Gasteiger partial charge in [-0.05, 0) is 55.8 Å². The lowest BCUT2D eigenvalue weighted by molar-refractivity contribution is -0.122. The molecule has 0 spiro atoms. The Labute approximate surface area is 297 Å². The van der Waals surface area contributed by atoms with Gasteiger partial charge in [-0.15, -0.1) is 0 Å². The molecule has 17 heteroatoms. The molecule has 232 valence electrons. The van der Waals surface area contributed by atoms with Crippen molar-refractivity contribution in [3.05, 3.63) is 69.6 Å². The van der Waals surface area contributed by atoms with Crippen LogP contribution in [-0.2, 0) is 17.1 Å². The third-order valence-electron chi connectivity index (χ3n) is 6.24. The maximum absolute atomic E-state index is 13.1. The molecule has 0 N–H and O–H groups in total. The molecule has 44 heavy (non-hydrogen) atoms. The quantitative estimate of drug-likeness (QED) is 0.0732. The molecule has 1 aromatic heterocycles. The lowest BCUT2D eigenvalue weighted by Crippen LogP contribution is -2.29. The van der Waals surface area contributed by atoms with Crippen molar-refractivity contribution < 1.29 is 14.3 Å². The van der Waals surface area contributed by atoms with Gasteiger partial charge in [0, 0.05) is 23.5 Å². The number of aryl methyl sites for hydroxylation is 1. The Morgan fingerprint density at radius 3 is 2.16 bits per heavy atom. The summed E-state index contributed by atoms with van der Waals surface area (Å²) in [7, 11) is 0. The van der Waals surface area contributed by atoms with E-state index in [9.17, 15) is 4.79 Å². The van der Waals surface area contributed by atoms with Gasteiger partial charge in [-0.25, -0.2) is 15.0 Å². The number of aromatic nitrogens is 3. The monoisotopic (exact) mass is 769 g/mol. The fourth-order valence-electron chi connectivity index (χ4n) is 4.17. The van der Waals surface area contributed by atoms with Crippen molar-refractivity contribution in [2.75, 3.05) is 31.4 Å². The third-order valence-corrected chi connectivity index (χ3v) is 9.99. The average molecular weight is 772 g/mol. The molecule has 1 amide bonds. The van der Waals surface area contributed by atoms with Crippen LogP contribution in [0, 0.1) is 6.92 Å². The molecule has 2 aliphatic heterocycles. The van der Waals surface area contributed by atoms with Crippen LogP contribution in [0.3, 0.4) is 0 Å². The van der Waals surface area contributed by atoms with Gasteiger partial charge in [0.05, 0.1) is 12.3 Å². The number of benzene rings is 2. The largest absolute Gasteiger partial charge is 0.468 e. The normalized spacial score (nSPS) is 17.1. The Morgan fingerprint density at radius 1 is 0.909 bits per heavy atom. The predicted molar refractivity (Wildman–Crippen MR) is 184 cm³/mol. The topological polar surface area (TPSA) is 80.7 Å². The van der Waals surface area contributed by atoms with Gasteiger partial charge in [0.15, 0.2) is 24.3 Å². The summed E-state index contributed by atoms with van der Waals surface area (Å²) >= 11 is 44.2. The number of thiocarbonyl (C=S) groups is 1. The molecule has 2 aliphatic rings. The minimum absolute atomic E-state index is 0.00501. The highest BCUT2D eigenvalue weighted by Gasteiger charge is 2.38. The van der Waals surface area contributed by atoms with Gasteiger partial charge in [-0.2, -0.15) is 0 Å². The van der Waals surface area contributed by atoms with Crippen LogP contribution >= 0.6 is 105 Å². The van der Waals surface area contributed by atoms with E-state index in [1.165, 1.54) is 11.8 Å². The molecule has 1 fully saturated rings. The minimum Gasteiger partial charge on any atom is -0.468 e. The number of carbonyl (C=O) groups is 1. The number of nitrogens with zero attached hydrogens (tertiary/aromatic N) is 5. The number of hydrogen-bond donors (Lipinski definition) is 0.